The highest BCUT2D eigenvalue weighted by molar-refractivity contribution is 5.66. The Hall–Kier alpha value is -4.85. The molecule has 0 aliphatic rings. The van der Waals surface area contributed by atoms with Gasteiger partial charge < -0.3 is 15.0 Å². The highest BCUT2D eigenvalue weighted by Crippen LogP contribution is 2.41. The minimum Gasteiger partial charge on any atom is -0.465 e. The third-order valence-corrected chi connectivity index (χ3v) is 6.68. The molecule has 0 spiro atoms. The van der Waals surface area contributed by atoms with Crippen LogP contribution in [0, 0.1) is 0 Å². The van der Waals surface area contributed by atoms with Crippen molar-refractivity contribution in [3.05, 3.63) is 161 Å². The van der Waals surface area contributed by atoms with Crippen LogP contribution >= 0.6 is 0 Å². The van der Waals surface area contributed by atoms with E-state index in [1.165, 1.54) is 12.1 Å². The molecule has 1 aromatic heterocycles. The molecule has 0 saturated carbocycles. The third-order valence-electron chi connectivity index (χ3n) is 6.68. The molecule has 0 fully saturated rings. The van der Waals surface area contributed by atoms with Crippen molar-refractivity contribution < 1.29 is 23.1 Å². The van der Waals surface area contributed by atoms with E-state index in [1.54, 1.807) is 12.5 Å². The van der Waals surface area contributed by atoms with Gasteiger partial charge in [-0.2, -0.15) is 13.2 Å². The number of carbonyl (C=O) groups is 1. The maximum Gasteiger partial charge on any atom is 0.416 e. The van der Waals surface area contributed by atoms with Crippen molar-refractivity contribution in [3.63, 3.8) is 0 Å². The van der Waals surface area contributed by atoms with Gasteiger partial charge in [0.1, 0.15) is 11.6 Å². The molecule has 1 unspecified atom stereocenters. The molecule has 5 nitrogen and oxygen atoms in total. The van der Waals surface area contributed by atoms with Gasteiger partial charge in [-0.05, 0) is 34.4 Å². The lowest BCUT2D eigenvalue weighted by atomic mass is 9.76. The lowest BCUT2D eigenvalue weighted by molar-refractivity contribution is -0.137. The van der Waals surface area contributed by atoms with Gasteiger partial charge in [0.25, 0.3) is 0 Å². The number of hydrogen-bond acceptors (Lipinski definition) is 2. The summed E-state index contributed by atoms with van der Waals surface area (Å²) in [7, 11) is 0. The van der Waals surface area contributed by atoms with Gasteiger partial charge in [-0.15, -0.1) is 0 Å². The van der Waals surface area contributed by atoms with Gasteiger partial charge in [-0.25, -0.2) is 9.78 Å². The number of aromatic nitrogens is 2. The van der Waals surface area contributed by atoms with Gasteiger partial charge in [0.15, 0.2) is 0 Å². The molecule has 196 valence electrons. The summed E-state index contributed by atoms with van der Waals surface area (Å²) in [6, 6.07) is 32.8. The molecule has 1 atom stereocenters. The monoisotopic (exact) mass is 527 g/mol. The first kappa shape index (κ1) is 25.8. The molecule has 5 aromatic rings. The van der Waals surface area contributed by atoms with Crippen LogP contribution in [0.5, 0.6) is 0 Å². The van der Waals surface area contributed by atoms with Crippen molar-refractivity contribution in [2.75, 3.05) is 0 Å². The summed E-state index contributed by atoms with van der Waals surface area (Å²) in [6.45, 7) is 0. The SMILES string of the molecule is O=C(O)NC(c1cccc(C(F)(F)F)c1)c1cn(C(c2ccccc2)(c2ccccc2)c2ccccc2)cn1. The predicted octanol–water partition coefficient (Wildman–Crippen LogP) is 7.10. The molecule has 5 rings (SSSR count). The Morgan fingerprint density at radius 2 is 1.23 bits per heavy atom. The Kier molecular flexibility index (Phi) is 6.94. The first-order chi connectivity index (χ1) is 18.8. The number of nitrogens with zero attached hydrogens (tertiary/aromatic N) is 2. The van der Waals surface area contributed by atoms with Gasteiger partial charge in [-0.1, -0.05) is 103 Å². The molecule has 8 heteroatoms. The molecule has 0 saturated heterocycles. The van der Waals surface area contributed by atoms with Gasteiger partial charge in [0, 0.05) is 6.20 Å². The second kappa shape index (κ2) is 10.5. The minimum absolute atomic E-state index is 0.127. The van der Waals surface area contributed by atoms with Gasteiger partial charge in [-0.3, -0.25) is 0 Å². The quantitative estimate of drug-likeness (QED) is 0.222. The summed E-state index contributed by atoms with van der Waals surface area (Å²) in [5, 5.41) is 11.9. The normalized spacial score (nSPS) is 12.6. The van der Waals surface area contributed by atoms with Crippen molar-refractivity contribution in [1.29, 1.82) is 0 Å². The zero-order chi connectivity index (χ0) is 27.5. The fourth-order valence-electron chi connectivity index (χ4n) is 5.00. The van der Waals surface area contributed by atoms with Crippen LogP contribution in [0.3, 0.4) is 0 Å². The number of benzene rings is 4. The summed E-state index contributed by atoms with van der Waals surface area (Å²) < 4.78 is 42.3. The Balaban J connectivity index is 1.73. The zero-order valence-corrected chi connectivity index (χ0v) is 20.6. The van der Waals surface area contributed by atoms with E-state index < -0.39 is 29.4 Å². The molecule has 0 radical (unpaired) electrons. The number of rotatable bonds is 7. The van der Waals surface area contributed by atoms with Gasteiger partial charge in [0.05, 0.1) is 17.6 Å². The molecular weight excluding hydrogens is 503 g/mol. The van der Waals surface area contributed by atoms with Crippen molar-refractivity contribution >= 4 is 6.09 Å². The summed E-state index contributed by atoms with van der Waals surface area (Å²) in [5.74, 6) is 0. The average molecular weight is 528 g/mol. The molecule has 0 bridgehead atoms. The summed E-state index contributed by atoms with van der Waals surface area (Å²) in [6.07, 6.45) is -2.68. The standard InChI is InChI=1S/C31H24F3N3O2/c32-31(33,34)26-18-10-11-22(19-26)28(36-29(38)39)27-20-37(21-35-27)30(23-12-4-1-5-13-23,24-14-6-2-7-15-24)25-16-8-3-9-17-25/h1-21,28,36H,(H,38,39). The van der Waals surface area contributed by atoms with E-state index in [-0.39, 0.29) is 11.3 Å². The second-order valence-corrected chi connectivity index (χ2v) is 9.02. The van der Waals surface area contributed by atoms with E-state index in [9.17, 15) is 23.1 Å². The Morgan fingerprint density at radius 1 is 0.744 bits per heavy atom. The van der Waals surface area contributed by atoms with E-state index in [1.807, 2.05) is 95.6 Å². The minimum atomic E-state index is -4.58. The summed E-state index contributed by atoms with van der Waals surface area (Å²) in [5.41, 5.74) is 1.38. The first-order valence-electron chi connectivity index (χ1n) is 12.2. The van der Waals surface area contributed by atoms with Crippen molar-refractivity contribution in [2.24, 2.45) is 0 Å². The summed E-state index contributed by atoms with van der Waals surface area (Å²) >= 11 is 0. The van der Waals surface area contributed by atoms with Crippen LogP contribution in [-0.2, 0) is 11.7 Å². The van der Waals surface area contributed by atoms with Crippen LogP contribution < -0.4 is 5.32 Å². The molecule has 0 aliphatic carbocycles. The molecule has 2 N–H and O–H groups in total. The fourth-order valence-corrected chi connectivity index (χ4v) is 5.00. The summed E-state index contributed by atoms with van der Waals surface area (Å²) in [4.78, 5) is 16.3. The molecule has 0 aliphatic heterocycles. The second-order valence-electron chi connectivity index (χ2n) is 9.02. The highest BCUT2D eigenvalue weighted by Gasteiger charge is 2.39. The van der Waals surface area contributed by atoms with Crippen LogP contribution in [0.25, 0.3) is 0 Å². The number of hydrogen-bond donors (Lipinski definition) is 2. The number of nitrogens with one attached hydrogen (secondary N) is 1. The van der Waals surface area contributed by atoms with E-state index >= 15 is 0 Å². The predicted molar refractivity (Wildman–Crippen MR) is 141 cm³/mol. The van der Waals surface area contributed by atoms with Crippen LogP contribution in [-0.4, -0.2) is 20.8 Å². The van der Waals surface area contributed by atoms with E-state index in [0.717, 1.165) is 28.8 Å². The van der Waals surface area contributed by atoms with E-state index in [4.69, 9.17) is 0 Å². The molecule has 39 heavy (non-hydrogen) atoms. The number of imidazole rings is 1. The highest BCUT2D eigenvalue weighted by atomic mass is 19.4. The smallest absolute Gasteiger partial charge is 0.416 e. The zero-order valence-electron chi connectivity index (χ0n) is 20.6. The number of alkyl halides is 3. The molecular formula is C31H24F3N3O2. The number of amides is 1. The molecule has 1 amide bonds. The largest absolute Gasteiger partial charge is 0.465 e. The topological polar surface area (TPSA) is 67.2 Å². The number of halogens is 3. The Morgan fingerprint density at radius 3 is 1.69 bits per heavy atom. The lowest BCUT2D eigenvalue weighted by Crippen LogP contribution is -2.37. The van der Waals surface area contributed by atoms with Gasteiger partial charge >= 0.3 is 12.3 Å². The van der Waals surface area contributed by atoms with Crippen molar-refractivity contribution in [2.45, 2.75) is 17.8 Å². The number of carboxylic acid groups (broad SMARTS) is 1. The Labute approximate surface area is 223 Å². The third kappa shape index (κ3) is 5.01. The maximum atomic E-state index is 13.5. The van der Waals surface area contributed by atoms with Crippen molar-refractivity contribution in [1.82, 2.24) is 14.9 Å². The maximum absolute atomic E-state index is 13.5. The van der Waals surface area contributed by atoms with Gasteiger partial charge in [0.2, 0.25) is 0 Å². The van der Waals surface area contributed by atoms with Crippen molar-refractivity contribution in [3.8, 4) is 0 Å². The van der Waals surface area contributed by atoms with Crippen LogP contribution in [0.2, 0.25) is 0 Å². The fraction of sp³-hybridized carbons (Fsp3) is 0.0968. The molecule has 1 heterocycles. The van der Waals surface area contributed by atoms with E-state index in [2.05, 4.69) is 10.3 Å². The lowest BCUT2D eigenvalue weighted by Gasteiger charge is -2.37. The average Bonchev–Trinajstić information content (AvgIpc) is 3.44. The first-order valence-corrected chi connectivity index (χ1v) is 12.2. The molecule has 4 aromatic carbocycles. The van der Waals surface area contributed by atoms with E-state index in [0.29, 0.717) is 0 Å². The van der Waals surface area contributed by atoms with Crippen LogP contribution in [0.15, 0.2) is 128 Å². The van der Waals surface area contributed by atoms with Crippen LogP contribution in [0.4, 0.5) is 18.0 Å². The van der Waals surface area contributed by atoms with Crippen LogP contribution in [0.1, 0.15) is 39.6 Å². The Bertz CT molecular complexity index is 1460.